The number of rotatable bonds is 7. The number of thiophene rings is 1. The van der Waals surface area contributed by atoms with Gasteiger partial charge in [0.15, 0.2) is 0 Å². The van der Waals surface area contributed by atoms with Crippen molar-refractivity contribution in [3.8, 4) is 0 Å². The SMILES string of the molecule is O=C(O)c1sccc1S(=O)(=O)NCc1ccc(Cn2cccn2)cc1. The van der Waals surface area contributed by atoms with Crippen LogP contribution in [0.3, 0.4) is 0 Å². The first-order valence-corrected chi connectivity index (χ1v) is 9.68. The Labute approximate surface area is 148 Å². The van der Waals surface area contributed by atoms with Gasteiger partial charge in [0.25, 0.3) is 0 Å². The summed E-state index contributed by atoms with van der Waals surface area (Å²) in [6, 6.07) is 10.6. The standard InChI is InChI=1S/C16H15N3O4S2/c20-16(21)15-14(6-9-24-15)25(22,23)18-10-12-2-4-13(5-3-12)11-19-8-1-7-17-19/h1-9,18H,10-11H2,(H,20,21). The molecule has 3 rings (SSSR count). The molecule has 25 heavy (non-hydrogen) atoms. The maximum absolute atomic E-state index is 12.3. The Hall–Kier alpha value is -2.49. The monoisotopic (exact) mass is 377 g/mol. The summed E-state index contributed by atoms with van der Waals surface area (Å²) in [7, 11) is -3.88. The average molecular weight is 377 g/mol. The number of sulfonamides is 1. The van der Waals surface area contributed by atoms with E-state index in [1.165, 1.54) is 11.4 Å². The number of aromatic nitrogens is 2. The van der Waals surface area contributed by atoms with Gasteiger partial charge in [-0.25, -0.2) is 17.9 Å². The lowest BCUT2D eigenvalue weighted by atomic mass is 10.1. The first kappa shape index (κ1) is 17.3. The summed E-state index contributed by atoms with van der Waals surface area (Å²) in [4.78, 5) is 10.7. The molecule has 3 aromatic rings. The summed E-state index contributed by atoms with van der Waals surface area (Å²) in [5.41, 5.74) is 1.82. The molecule has 0 saturated carbocycles. The van der Waals surface area contributed by atoms with E-state index in [1.54, 1.807) is 10.9 Å². The van der Waals surface area contributed by atoms with Crippen LogP contribution in [-0.4, -0.2) is 29.3 Å². The molecule has 0 saturated heterocycles. The molecule has 0 bridgehead atoms. The Morgan fingerprint density at radius 1 is 1.20 bits per heavy atom. The van der Waals surface area contributed by atoms with Gasteiger partial charge in [-0.1, -0.05) is 24.3 Å². The number of hydrogen-bond donors (Lipinski definition) is 2. The first-order valence-electron chi connectivity index (χ1n) is 7.31. The summed E-state index contributed by atoms with van der Waals surface area (Å²) in [5, 5.41) is 14.6. The van der Waals surface area contributed by atoms with Crippen molar-refractivity contribution in [2.24, 2.45) is 0 Å². The zero-order valence-corrected chi connectivity index (χ0v) is 14.6. The fraction of sp³-hybridized carbons (Fsp3) is 0.125. The third-order valence-corrected chi connectivity index (χ3v) is 5.98. The van der Waals surface area contributed by atoms with Crippen LogP contribution in [0.5, 0.6) is 0 Å². The van der Waals surface area contributed by atoms with Crippen molar-refractivity contribution in [1.29, 1.82) is 0 Å². The summed E-state index contributed by atoms with van der Waals surface area (Å²) >= 11 is 0.883. The summed E-state index contributed by atoms with van der Waals surface area (Å²) in [6.07, 6.45) is 3.57. The van der Waals surface area contributed by atoms with Gasteiger partial charge in [-0.3, -0.25) is 4.68 Å². The second-order valence-corrected chi connectivity index (χ2v) is 7.92. The highest BCUT2D eigenvalue weighted by Gasteiger charge is 2.23. The van der Waals surface area contributed by atoms with Crippen molar-refractivity contribution in [3.63, 3.8) is 0 Å². The molecule has 0 unspecified atom stereocenters. The third kappa shape index (κ3) is 4.13. The predicted molar refractivity (Wildman–Crippen MR) is 93.1 cm³/mol. The Balaban J connectivity index is 1.66. The molecule has 2 N–H and O–H groups in total. The molecule has 9 heteroatoms. The van der Waals surface area contributed by atoms with Crippen LogP contribution < -0.4 is 4.72 Å². The fourth-order valence-corrected chi connectivity index (χ4v) is 4.54. The van der Waals surface area contributed by atoms with Gasteiger partial charge in [-0.15, -0.1) is 11.3 Å². The first-order chi connectivity index (χ1) is 12.0. The highest BCUT2D eigenvalue weighted by atomic mass is 32.2. The van der Waals surface area contributed by atoms with E-state index in [2.05, 4.69) is 9.82 Å². The maximum atomic E-state index is 12.3. The lowest BCUT2D eigenvalue weighted by Crippen LogP contribution is -2.24. The van der Waals surface area contributed by atoms with Crippen molar-refractivity contribution < 1.29 is 18.3 Å². The highest BCUT2D eigenvalue weighted by Crippen LogP contribution is 2.22. The van der Waals surface area contributed by atoms with Crippen LogP contribution in [0, 0.1) is 0 Å². The molecule has 0 aliphatic heterocycles. The molecule has 0 atom stereocenters. The number of benzene rings is 1. The minimum Gasteiger partial charge on any atom is -0.477 e. The van der Waals surface area contributed by atoms with Crippen molar-refractivity contribution in [3.05, 3.63) is 70.2 Å². The minimum atomic E-state index is -3.88. The fourth-order valence-electron chi connectivity index (χ4n) is 2.26. The molecule has 1 aromatic carbocycles. The van der Waals surface area contributed by atoms with Gasteiger partial charge in [0, 0.05) is 18.9 Å². The van der Waals surface area contributed by atoms with E-state index in [4.69, 9.17) is 5.11 Å². The third-order valence-electron chi connectivity index (χ3n) is 3.51. The van der Waals surface area contributed by atoms with Gasteiger partial charge in [-0.2, -0.15) is 5.10 Å². The van der Waals surface area contributed by atoms with Crippen LogP contribution in [0.1, 0.15) is 20.8 Å². The van der Waals surface area contributed by atoms with Crippen molar-refractivity contribution in [2.45, 2.75) is 18.0 Å². The molecule has 0 radical (unpaired) electrons. The molecular formula is C16H15N3O4S2. The van der Waals surface area contributed by atoms with Crippen LogP contribution in [0.2, 0.25) is 0 Å². The normalized spacial score (nSPS) is 11.5. The zero-order chi connectivity index (χ0) is 17.9. The molecule has 2 aromatic heterocycles. The van der Waals surface area contributed by atoms with Gasteiger partial charge >= 0.3 is 5.97 Å². The number of carboxylic acid groups (broad SMARTS) is 1. The van der Waals surface area contributed by atoms with E-state index in [-0.39, 0.29) is 16.3 Å². The molecular weight excluding hydrogens is 362 g/mol. The van der Waals surface area contributed by atoms with E-state index in [9.17, 15) is 13.2 Å². The highest BCUT2D eigenvalue weighted by molar-refractivity contribution is 7.89. The Morgan fingerprint density at radius 3 is 2.56 bits per heavy atom. The molecule has 0 aliphatic carbocycles. The number of hydrogen-bond acceptors (Lipinski definition) is 5. The van der Waals surface area contributed by atoms with E-state index in [0.29, 0.717) is 6.54 Å². The van der Waals surface area contributed by atoms with Crippen LogP contribution in [0.15, 0.2) is 59.1 Å². The lowest BCUT2D eigenvalue weighted by molar-refractivity contribution is 0.0698. The second kappa shape index (κ2) is 7.18. The van der Waals surface area contributed by atoms with Crippen LogP contribution in [0.25, 0.3) is 0 Å². The summed E-state index contributed by atoms with van der Waals surface area (Å²) in [6.45, 7) is 0.717. The molecule has 130 valence electrons. The van der Waals surface area contributed by atoms with Crippen LogP contribution >= 0.6 is 11.3 Å². The van der Waals surface area contributed by atoms with Gasteiger partial charge in [0.05, 0.1) is 6.54 Å². The Bertz CT molecular complexity index is 961. The Morgan fingerprint density at radius 2 is 1.92 bits per heavy atom. The smallest absolute Gasteiger partial charge is 0.347 e. The topological polar surface area (TPSA) is 101 Å². The van der Waals surface area contributed by atoms with Crippen LogP contribution in [-0.2, 0) is 23.1 Å². The van der Waals surface area contributed by atoms with Gasteiger partial charge in [0.2, 0.25) is 10.0 Å². The van der Waals surface area contributed by atoms with Crippen LogP contribution in [0.4, 0.5) is 0 Å². The number of carbonyl (C=O) groups is 1. The van der Waals surface area contributed by atoms with E-state index >= 15 is 0 Å². The quantitative estimate of drug-likeness (QED) is 0.657. The Kier molecular flexibility index (Phi) is 4.98. The number of aromatic carboxylic acids is 1. The predicted octanol–water partition coefficient (Wildman–Crippen LogP) is 2.17. The van der Waals surface area contributed by atoms with E-state index < -0.39 is 16.0 Å². The van der Waals surface area contributed by atoms with Gasteiger partial charge < -0.3 is 5.11 Å². The average Bonchev–Trinajstić information content (AvgIpc) is 3.26. The minimum absolute atomic E-state index is 0.0826. The molecule has 0 amide bonds. The number of nitrogens with zero attached hydrogens (tertiary/aromatic N) is 2. The van der Waals surface area contributed by atoms with E-state index in [1.807, 2.05) is 36.5 Å². The largest absolute Gasteiger partial charge is 0.477 e. The maximum Gasteiger partial charge on any atom is 0.347 e. The number of nitrogens with one attached hydrogen (secondary N) is 1. The lowest BCUT2D eigenvalue weighted by Gasteiger charge is -2.08. The van der Waals surface area contributed by atoms with E-state index in [0.717, 1.165) is 22.5 Å². The summed E-state index contributed by atoms with van der Waals surface area (Å²) in [5.74, 6) is -1.25. The van der Waals surface area contributed by atoms with Crippen molar-refractivity contribution in [1.82, 2.24) is 14.5 Å². The molecule has 0 fully saturated rings. The van der Waals surface area contributed by atoms with Crippen molar-refractivity contribution in [2.75, 3.05) is 0 Å². The molecule has 2 heterocycles. The second-order valence-electron chi connectivity index (χ2n) is 5.26. The zero-order valence-electron chi connectivity index (χ0n) is 13.0. The molecule has 0 aliphatic rings. The van der Waals surface area contributed by atoms with Gasteiger partial charge in [-0.05, 0) is 28.6 Å². The van der Waals surface area contributed by atoms with Gasteiger partial charge in [0.1, 0.15) is 9.77 Å². The molecule has 0 spiro atoms. The number of carboxylic acids is 1. The van der Waals surface area contributed by atoms with Crippen molar-refractivity contribution >= 4 is 27.3 Å². The molecule has 7 nitrogen and oxygen atoms in total. The summed E-state index contributed by atoms with van der Waals surface area (Å²) < 4.78 is 28.8.